The van der Waals surface area contributed by atoms with Gasteiger partial charge in [0.2, 0.25) is 0 Å². The average Bonchev–Trinajstić information content (AvgIpc) is 0.918. The summed E-state index contributed by atoms with van der Waals surface area (Å²) in [4.78, 5) is 8.14. The molecule has 0 spiro atoms. The molecule has 0 aromatic carbocycles. The van der Waals surface area contributed by atoms with Crippen LogP contribution in [0, 0.1) is 0 Å². The van der Waals surface area contributed by atoms with Crippen LogP contribution in [0.2, 0.25) is 0 Å². The molecular weight excluding hydrogens is 70.0 g/mol. The summed E-state index contributed by atoms with van der Waals surface area (Å²) in [5.74, 6) is 0. The Hall–Kier alpha value is 0.600. The Bertz CT molecular complexity index is 19.1. The van der Waals surface area contributed by atoms with Crippen molar-refractivity contribution in [3.05, 3.63) is 0 Å². The van der Waals surface area contributed by atoms with E-state index in [0.717, 1.165) is 0 Å². The molecule has 0 unspecified atom stereocenters. The largest absolute Gasteiger partial charge is 1.00 e. The van der Waals surface area contributed by atoms with Crippen LogP contribution in [-0.4, -0.2) is 6.54 Å². The first-order valence-corrected chi connectivity index (χ1v) is 0.454. The molecule has 20 valence electrons. The Labute approximate surface area is 47.0 Å². The molecule has 4 heavy (non-hydrogen) atoms. The Balaban J connectivity index is -0.0000000200. The monoisotopic (exact) mass is 72.0 g/mol. The fourth-order valence-electron chi connectivity index (χ4n) is 0. The molecule has 0 rings (SSSR count). The average molecular weight is 72.0 g/mol. The van der Waals surface area contributed by atoms with Crippen LogP contribution in [-0.2, 0) is 4.79 Å². The van der Waals surface area contributed by atoms with E-state index in [1.54, 1.807) is 0 Å². The van der Waals surface area contributed by atoms with Crippen LogP contribution >= 0.6 is 0 Å². The molecule has 0 aromatic rings. The second-order valence-electron chi connectivity index (χ2n) is 0.0891. The van der Waals surface area contributed by atoms with Gasteiger partial charge >= 0.3 is 29.6 Å². The Morgan fingerprint density at radius 2 is 2.00 bits per heavy atom. The molecule has 0 heterocycles. The molecule has 3 heteroatoms. The van der Waals surface area contributed by atoms with E-state index in [4.69, 9.17) is 4.79 Å². The maximum Gasteiger partial charge on any atom is 1.00 e. The van der Waals surface area contributed by atoms with Gasteiger partial charge in [-0.15, -0.1) is 0 Å². The molecule has 0 aliphatic rings. The first-order valence-electron chi connectivity index (χ1n) is 0.454. The molecule has 0 atom stereocenters. The maximum absolute atomic E-state index is 9.61. The van der Waals surface area contributed by atoms with Crippen molar-refractivity contribution >= 4 is 6.54 Å². The van der Waals surface area contributed by atoms with E-state index in [2.05, 4.69) is 0 Å². The van der Waals surface area contributed by atoms with Crippen molar-refractivity contribution in [2.75, 3.05) is 0 Å². The van der Waals surface area contributed by atoms with Crippen LogP contribution in [0.5, 0.6) is 0 Å². The third-order valence-electron chi connectivity index (χ3n) is 0. The Kier molecular flexibility index (Phi) is 21.0. The molecule has 0 aliphatic heterocycles. The fraction of sp³-hybridized carbons (Fsp3) is 0. The SMILES string of the molecule is O=CF.[H-].[Na+]. The molecule has 0 saturated heterocycles. The predicted molar refractivity (Wildman–Crippen MR) is 8.97 cm³/mol. The number of carbonyl (C=O) groups is 1. The van der Waals surface area contributed by atoms with Crippen molar-refractivity contribution < 1.29 is 40.2 Å². The van der Waals surface area contributed by atoms with E-state index in [-0.39, 0.29) is 31.0 Å². The van der Waals surface area contributed by atoms with Crippen LogP contribution in [0.25, 0.3) is 0 Å². The third kappa shape index (κ3) is 18.5. The number of halogens is 1. The van der Waals surface area contributed by atoms with Gasteiger partial charge in [-0.2, -0.15) is 4.39 Å². The van der Waals surface area contributed by atoms with E-state index in [0.29, 0.717) is 0 Å². The summed E-state index contributed by atoms with van der Waals surface area (Å²) in [6.45, 7) is -0.750. The summed E-state index contributed by atoms with van der Waals surface area (Å²) in [6, 6.07) is 0. The molecule has 0 radical (unpaired) electrons. The molecule has 0 amide bonds. The third-order valence-corrected chi connectivity index (χ3v) is 0. The summed E-state index contributed by atoms with van der Waals surface area (Å²) < 4.78 is 9.61. The van der Waals surface area contributed by atoms with Crippen LogP contribution in [0.4, 0.5) is 4.39 Å². The summed E-state index contributed by atoms with van der Waals surface area (Å²) in [7, 11) is 0. The minimum absolute atomic E-state index is 0. The van der Waals surface area contributed by atoms with Crippen LogP contribution in [0.15, 0.2) is 0 Å². The van der Waals surface area contributed by atoms with Gasteiger partial charge in [-0.05, 0) is 0 Å². The standard InChI is InChI=1S/CHFO.Na.H/c2-1-3;;/h1H;;/q;+1;-1. The van der Waals surface area contributed by atoms with Crippen molar-refractivity contribution in [1.29, 1.82) is 0 Å². The number of hydrogen-bond donors (Lipinski definition) is 0. The van der Waals surface area contributed by atoms with Crippen molar-refractivity contribution in [3.8, 4) is 0 Å². The van der Waals surface area contributed by atoms with Gasteiger partial charge in [0.05, 0.1) is 0 Å². The zero-order valence-electron chi connectivity index (χ0n) is 3.36. The van der Waals surface area contributed by atoms with Gasteiger partial charge in [0.25, 0.3) is 6.54 Å². The Morgan fingerprint density at radius 3 is 2.00 bits per heavy atom. The normalized spacial score (nSPS) is 3.25. The smallest absolute Gasteiger partial charge is 1.00 e. The topological polar surface area (TPSA) is 17.1 Å². The second-order valence-corrected chi connectivity index (χ2v) is 0.0891. The number of rotatable bonds is 0. The van der Waals surface area contributed by atoms with E-state index in [1.165, 1.54) is 0 Å². The maximum atomic E-state index is 9.61. The van der Waals surface area contributed by atoms with E-state index < -0.39 is 6.54 Å². The zero-order valence-corrected chi connectivity index (χ0v) is 4.36. The van der Waals surface area contributed by atoms with Gasteiger partial charge in [-0.25, -0.2) is 0 Å². The summed E-state index contributed by atoms with van der Waals surface area (Å²) in [5, 5.41) is 0. The molecule has 0 N–H and O–H groups in total. The molecular formula is CH2FNaO. The quantitative estimate of drug-likeness (QED) is 0.172. The second kappa shape index (κ2) is 9.51. The van der Waals surface area contributed by atoms with Gasteiger partial charge in [0.15, 0.2) is 0 Å². The fourth-order valence-corrected chi connectivity index (χ4v) is 0. The molecule has 0 bridgehead atoms. The summed E-state index contributed by atoms with van der Waals surface area (Å²) in [5.41, 5.74) is 0. The zero-order chi connectivity index (χ0) is 2.71. The minimum atomic E-state index is -0.750. The summed E-state index contributed by atoms with van der Waals surface area (Å²) in [6.07, 6.45) is 0. The first kappa shape index (κ1) is 8.82. The van der Waals surface area contributed by atoms with Gasteiger partial charge in [-0.3, -0.25) is 4.79 Å². The van der Waals surface area contributed by atoms with Crippen molar-refractivity contribution in [3.63, 3.8) is 0 Å². The van der Waals surface area contributed by atoms with Gasteiger partial charge in [-0.1, -0.05) is 0 Å². The number of hydrogen-bond acceptors (Lipinski definition) is 1. The molecule has 0 aromatic heterocycles. The van der Waals surface area contributed by atoms with Crippen LogP contribution < -0.4 is 29.6 Å². The van der Waals surface area contributed by atoms with E-state index in [1.807, 2.05) is 0 Å². The summed E-state index contributed by atoms with van der Waals surface area (Å²) >= 11 is 0. The van der Waals surface area contributed by atoms with Gasteiger partial charge < -0.3 is 1.43 Å². The molecule has 0 saturated carbocycles. The number of carbonyl (C=O) groups excluding carboxylic acids is 1. The minimum Gasteiger partial charge on any atom is -1.00 e. The van der Waals surface area contributed by atoms with Crippen molar-refractivity contribution in [1.82, 2.24) is 0 Å². The van der Waals surface area contributed by atoms with Crippen molar-refractivity contribution in [2.45, 2.75) is 0 Å². The van der Waals surface area contributed by atoms with E-state index in [9.17, 15) is 4.39 Å². The predicted octanol–water partition coefficient (Wildman–Crippen LogP) is -2.74. The van der Waals surface area contributed by atoms with Gasteiger partial charge in [0.1, 0.15) is 0 Å². The molecule has 0 aliphatic carbocycles. The Morgan fingerprint density at radius 1 is 2.00 bits per heavy atom. The first-order chi connectivity index (χ1) is 1.41. The molecule has 0 fully saturated rings. The van der Waals surface area contributed by atoms with Crippen LogP contribution in [0.1, 0.15) is 1.43 Å². The molecule has 1 nitrogen and oxygen atoms in total. The van der Waals surface area contributed by atoms with E-state index >= 15 is 0 Å². The van der Waals surface area contributed by atoms with Gasteiger partial charge in [0, 0.05) is 0 Å². The van der Waals surface area contributed by atoms with Crippen LogP contribution in [0.3, 0.4) is 0 Å². The van der Waals surface area contributed by atoms with Crippen molar-refractivity contribution in [2.24, 2.45) is 0 Å².